The first-order chi connectivity index (χ1) is 7.33. The fourth-order valence-corrected chi connectivity index (χ4v) is 1.48. The van der Waals surface area contributed by atoms with Crippen LogP contribution in [0.5, 0.6) is 0 Å². The zero-order chi connectivity index (χ0) is 10.7. The molecule has 0 saturated carbocycles. The van der Waals surface area contributed by atoms with Crippen LogP contribution in [0.25, 0.3) is 11.0 Å². The van der Waals surface area contributed by atoms with E-state index in [0.717, 1.165) is 29.8 Å². The molecule has 1 N–H and O–H groups in total. The van der Waals surface area contributed by atoms with Gasteiger partial charge in [-0.2, -0.15) is 0 Å². The van der Waals surface area contributed by atoms with Crippen LogP contribution in [-0.2, 0) is 7.05 Å². The van der Waals surface area contributed by atoms with Gasteiger partial charge in [-0.25, -0.2) is 9.97 Å². The molecular formula is C11H14N4. The second kappa shape index (κ2) is 4.13. The quantitative estimate of drug-likeness (QED) is 0.608. The van der Waals surface area contributed by atoms with Gasteiger partial charge >= 0.3 is 0 Å². The summed E-state index contributed by atoms with van der Waals surface area (Å²) in [5, 5.41) is 3.24. The second-order valence-electron chi connectivity index (χ2n) is 3.39. The molecule has 2 rings (SSSR count). The molecule has 2 aromatic heterocycles. The van der Waals surface area contributed by atoms with Gasteiger partial charge in [0.2, 0.25) is 0 Å². The van der Waals surface area contributed by atoms with Crippen LogP contribution in [0.1, 0.15) is 6.42 Å². The molecular weight excluding hydrogens is 188 g/mol. The highest BCUT2D eigenvalue weighted by Gasteiger charge is 2.05. The Hall–Kier alpha value is -1.84. The molecule has 4 heteroatoms. The number of rotatable bonds is 4. The number of nitrogens with one attached hydrogen (secondary N) is 1. The molecule has 0 atom stereocenters. The van der Waals surface area contributed by atoms with Crippen LogP contribution in [0.4, 0.5) is 5.82 Å². The number of hydrogen-bond donors (Lipinski definition) is 1. The molecule has 0 amide bonds. The van der Waals surface area contributed by atoms with Gasteiger partial charge in [-0.3, -0.25) is 0 Å². The molecule has 0 aliphatic rings. The number of fused-ring (bicyclic) bond motifs is 1. The monoisotopic (exact) mass is 202 g/mol. The molecule has 0 spiro atoms. The predicted octanol–water partition coefficient (Wildman–Crippen LogP) is 1.96. The topological polar surface area (TPSA) is 42.7 Å². The Balaban J connectivity index is 2.30. The Bertz CT molecular complexity index is 472. The van der Waals surface area contributed by atoms with Gasteiger partial charge < -0.3 is 9.88 Å². The van der Waals surface area contributed by atoms with Gasteiger partial charge in [-0.1, -0.05) is 6.08 Å². The number of nitrogens with zero attached hydrogens (tertiary/aromatic N) is 3. The van der Waals surface area contributed by atoms with E-state index < -0.39 is 0 Å². The van der Waals surface area contributed by atoms with Crippen molar-refractivity contribution in [3.05, 3.63) is 31.2 Å². The molecule has 0 aliphatic heterocycles. The molecule has 0 unspecified atom stereocenters. The summed E-state index contributed by atoms with van der Waals surface area (Å²) in [6, 6.07) is 1.96. The first-order valence-electron chi connectivity index (χ1n) is 4.93. The van der Waals surface area contributed by atoms with Crippen LogP contribution < -0.4 is 5.32 Å². The lowest BCUT2D eigenvalue weighted by molar-refractivity contribution is 0.947. The summed E-state index contributed by atoms with van der Waals surface area (Å²) in [5.74, 6) is 0.843. The minimum absolute atomic E-state index is 0.839. The smallest absolute Gasteiger partial charge is 0.154 e. The summed E-state index contributed by atoms with van der Waals surface area (Å²) in [4.78, 5) is 8.58. The molecule has 2 heterocycles. The van der Waals surface area contributed by atoms with E-state index in [0.29, 0.717) is 0 Å². The standard InChI is InChI=1S/C11H14N4/c1-3-4-6-12-11-10-9(5-7-13-11)15(2)8-14-10/h3,5,7-8H,1,4,6H2,2H3,(H,12,13). The number of aromatic nitrogens is 3. The minimum atomic E-state index is 0.839. The number of imidazole rings is 1. The highest BCUT2D eigenvalue weighted by atomic mass is 15.1. The summed E-state index contributed by atoms with van der Waals surface area (Å²) in [6.07, 6.45) is 6.39. The van der Waals surface area contributed by atoms with Gasteiger partial charge in [-0.15, -0.1) is 6.58 Å². The molecule has 78 valence electrons. The summed E-state index contributed by atoms with van der Waals surface area (Å²) < 4.78 is 1.98. The van der Waals surface area contributed by atoms with Crippen molar-refractivity contribution < 1.29 is 0 Å². The first-order valence-corrected chi connectivity index (χ1v) is 4.93. The number of anilines is 1. The van der Waals surface area contributed by atoms with Crippen molar-refractivity contribution in [1.29, 1.82) is 0 Å². The molecule has 0 aliphatic carbocycles. The van der Waals surface area contributed by atoms with Crippen LogP contribution in [0, 0.1) is 0 Å². The average Bonchev–Trinajstić information content (AvgIpc) is 2.62. The van der Waals surface area contributed by atoms with E-state index in [1.165, 1.54) is 0 Å². The third kappa shape index (κ3) is 1.83. The van der Waals surface area contributed by atoms with Crippen LogP contribution in [0.15, 0.2) is 31.2 Å². The lowest BCUT2D eigenvalue weighted by Gasteiger charge is -2.04. The van der Waals surface area contributed by atoms with Gasteiger partial charge in [0.25, 0.3) is 0 Å². The summed E-state index contributed by atoms with van der Waals surface area (Å²) in [5.41, 5.74) is 2.01. The summed E-state index contributed by atoms with van der Waals surface area (Å²) in [6.45, 7) is 4.52. The Morgan fingerprint density at radius 2 is 2.40 bits per heavy atom. The van der Waals surface area contributed by atoms with Crippen molar-refractivity contribution in [3.8, 4) is 0 Å². The largest absolute Gasteiger partial charge is 0.368 e. The van der Waals surface area contributed by atoms with Crippen molar-refractivity contribution >= 4 is 16.9 Å². The maximum Gasteiger partial charge on any atom is 0.154 e. The SMILES string of the molecule is C=CCCNc1nccc2c1ncn2C. The van der Waals surface area contributed by atoms with E-state index in [1.54, 1.807) is 12.5 Å². The van der Waals surface area contributed by atoms with Crippen LogP contribution in [-0.4, -0.2) is 21.1 Å². The highest BCUT2D eigenvalue weighted by Crippen LogP contribution is 2.18. The molecule has 0 bridgehead atoms. The van der Waals surface area contributed by atoms with E-state index in [4.69, 9.17) is 0 Å². The maximum atomic E-state index is 4.31. The van der Waals surface area contributed by atoms with Crippen molar-refractivity contribution in [3.63, 3.8) is 0 Å². The lowest BCUT2D eigenvalue weighted by Crippen LogP contribution is -2.02. The third-order valence-corrected chi connectivity index (χ3v) is 2.28. The van der Waals surface area contributed by atoms with Crippen molar-refractivity contribution in [2.45, 2.75) is 6.42 Å². The van der Waals surface area contributed by atoms with Gasteiger partial charge in [0.05, 0.1) is 11.8 Å². The zero-order valence-electron chi connectivity index (χ0n) is 8.77. The zero-order valence-corrected chi connectivity index (χ0v) is 8.77. The van der Waals surface area contributed by atoms with Crippen LogP contribution >= 0.6 is 0 Å². The fourth-order valence-electron chi connectivity index (χ4n) is 1.48. The molecule has 0 radical (unpaired) electrons. The molecule has 0 saturated heterocycles. The Labute approximate surface area is 88.7 Å². The van der Waals surface area contributed by atoms with E-state index >= 15 is 0 Å². The molecule has 0 aromatic carbocycles. The minimum Gasteiger partial charge on any atom is -0.368 e. The number of aryl methyl sites for hydroxylation is 1. The Morgan fingerprint density at radius 3 is 3.20 bits per heavy atom. The van der Waals surface area contributed by atoms with Gasteiger partial charge in [0.15, 0.2) is 5.82 Å². The predicted molar refractivity (Wildman–Crippen MR) is 61.8 cm³/mol. The average molecular weight is 202 g/mol. The lowest BCUT2D eigenvalue weighted by atomic mass is 10.3. The number of hydrogen-bond acceptors (Lipinski definition) is 3. The van der Waals surface area contributed by atoms with Gasteiger partial charge in [-0.05, 0) is 12.5 Å². The van der Waals surface area contributed by atoms with Crippen molar-refractivity contribution in [1.82, 2.24) is 14.5 Å². The Kier molecular flexibility index (Phi) is 2.67. The first kappa shape index (κ1) is 9.71. The van der Waals surface area contributed by atoms with E-state index in [2.05, 4.69) is 21.9 Å². The summed E-state index contributed by atoms with van der Waals surface area (Å²) >= 11 is 0. The van der Waals surface area contributed by atoms with Gasteiger partial charge in [0, 0.05) is 19.8 Å². The van der Waals surface area contributed by atoms with E-state index in [1.807, 2.05) is 23.8 Å². The maximum absolute atomic E-state index is 4.31. The van der Waals surface area contributed by atoms with Crippen LogP contribution in [0.2, 0.25) is 0 Å². The highest BCUT2D eigenvalue weighted by molar-refractivity contribution is 5.85. The second-order valence-corrected chi connectivity index (χ2v) is 3.39. The number of pyridine rings is 1. The van der Waals surface area contributed by atoms with Crippen LogP contribution in [0.3, 0.4) is 0 Å². The van der Waals surface area contributed by atoms with Crippen molar-refractivity contribution in [2.24, 2.45) is 7.05 Å². The molecule has 15 heavy (non-hydrogen) atoms. The molecule has 4 nitrogen and oxygen atoms in total. The van der Waals surface area contributed by atoms with E-state index in [9.17, 15) is 0 Å². The molecule has 0 fully saturated rings. The normalized spacial score (nSPS) is 10.5. The van der Waals surface area contributed by atoms with E-state index in [-0.39, 0.29) is 0 Å². The summed E-state index contributed by atoms with van der Waals surface area (Å²) in [7, 11) is 1.98. The fraction of sp³-hybridized carbons (Fsp3) is 0.273. The Morgan fingerprint density at radius 1 is 1.53 bits per heavy atom. The third-order valence-electron chi connectivity index (χ3n) is 2.28. The molecule has 2 aromatic rings. The van der Waals surface area contributed by atoms with Crippen molar-refractivity contribution in [2.75, 3.05) is 11.9 Å². The van der Waals surface area contributed by atoms with Gasteiger partial charge in [0.1, 0.15) is 5.52 Å².